The molecule has 0 atom stereocenters. The molecule has 1 aliphatic rings. The van der Waals surface area contributed by atoms with Crippen LogP contribution in [0.25, 0.3) is 12.2 Å². The average molecular weight is 427 g/mol. The molecular weight excluding hydrogens is 400 g/mol. The molecular formula is C23H26N2O4S. The molecule has 6 nitrogen and oxygen atoms in total. The number of benzene rings is 2. The van der Waals surface area contributed by atoms with Gasteiger partial charge in [-0.3, -0.25) is 4.79 Å². The van der Waals surface area contributed by atoms with Crippen LogP contribution in [0.4, 0.5) is 0 Å². The Morgan fingerprint density at radius 2 is 1.70 bits per heavy atom. The first-order chi connectivity index (χ1) is 14.4. The van der Waals surface area contributed by atoms with Crippen LogP contribution < -0.4 is 4.74 Å². The standard InChI is InChI=1S/C23H26N2O4S/c1-19-8-10-22(29-2)21(18-19)9-11-23(26)24-13-15-25(16-14-24)30(27,28)17-12-20-6-4-3-5-7-20/h3-12,17-18H,13-16H2,1-2H3/b11-9+,17-12+. The van der Waals surface area contributed by atoms with Crippen LogP contribution >= 0.6 is 0 Å². The predicted molar refractivity (Wildman–Crippen MR) is 119 cm³/mol. The average Bonchev–Trinajstić information content (AvgIpc) is 2.77. The van der Waals surface area contributed by atoms with Crippen molar-refractivity contribution in [3.05, 3.63) is 76.7 Å². The molecule has 1 saturated heterocycles. The minimum absolute atomic E-state index is 0.143. The Kier molecular flexibility index (Phi) is 7.07. The fourth-order valence-electron chi connectivity index (χ4n) is 3.23. The monoisotopic (exact) mass is 426 g/mol. The largest absolute Gasteiger partial charge is 0.496 e. The Balaban J connectivity index is 1.59. The van der Waals surface area contributed by atoms with E-state index in [1.54, 1.807) is 24.2 Å². The van der Waals surface area contributed by atoms with Crippen LogP contribution in [0.3, 0.4) is 0 Å². The summed E-state index contributed by atoms with van der Waals surface area (Å²) in [4.78, 5) is 14.2. The van der Waals surface area contributed by atoms with Gasteiger partial charge in [0.1, 0.15) is 5.75 Å². The Morgan fingerprint density at radius 3 is 2.37 bits per heavy atom. The lowest BCUT2D eigenvalue weighted by molar-refractivity contribution is -0.127. The first-order valence-electron chi connectivity index (χ1n) is 9.74. The van der Waals surface area contributed by atoms with Crippen molar-refractivity contribution < 1.29 is 17.9 Å². The second-order valence-corrected chi connectivity index (χ2v) is 8.88. The highest BCUT2D eigenvalue weighted by Crippen LogP contribution is 2.21. The summed E-state index contributed by atoms with van der Waals surface area (Å²) >= 11 is 0. The Bertz CT molecular complexity index is 1040. The van der Waals surface area contributed by atoms with Gasteiger partial charge in [0, 0.05) is 43.2 Å². The smallest absolute Gasteiger partial charge is 0.246 e. The molecule has 0 bridgehead atoms. The summed E-state index contributed by atoms with van der Waals surface area (Å²) in [5.41, 5.74) is 2.73. The van der Waals surface area contributed by atoms with Crippen LogP contribution in [0.5, 0.6) is 5.75 Å². The van der Waals surface area contributed by atoms with Crippen molar-refractivity contribution in [3.63, 3.8) is 0 Å². The van der Waals surface area contributed by atoms with E-state index in [0.717, 1.165) is 16.7 Å². The summed E-state index contributed by atoms with van der Waals surface area (Å²) in [5, 5.41) is 1.23. The maximum absolute atomic E-state index is 12.6. The molecule has 0 N–H and O–H groups in total. The second kappa shape index (κ2) is 9.73. The lowest BCUT2D eigenvalue weighted by Crippen LogP contribution is -2.49. The van der Waals surface area contributed by atoms with E-state index in [0.29, 0.717) is 18.8 Å². The topological polar surface area (TPSA) is 66.9 Å². The molecule has 1 amide bonds. The number of nitrogens with zero attached hydrogens (tertiary/aromatic N) is 2. The second-order valence-electron chi connectivity index (χ2n) is 7.06. The number of carbonyl (C=O) groups is 1. The number of sulfonamides is 1. The number of amides is 1. The first kappa shape index (κ1) is 21.8. The summed E-state index contributed by atoms with van der Waals surface area (Å²) in [5.74, 6) is 0.557. The highest BCUT2D eigenvalue weighted by Gasteiger charge is 2.26. The van der Waals surface area contributed by atoms with E-state index >= 15 is 0 Å². The van der Waals surface area contributed by atoms with E-state index in [1.807, 2.05) is 55.5 Å². The summed E-state index contributed by atoms with van der Waals surface area (Å²) in [6.45, 7) is 3.23. The molecule has 1 fully saturated rings. The van der Waals surface area contributed by atoms with E-state index in [2.05, 4.69) is 0 Å². The van der Waals surface area contributed by atoms with Crippen LogP contribution in [-0.2, 0) is 14.8 Å². The number of carbonyl (C=O) groups excluding carboxylic acids is 1. The van der Waals surface area contributed by atoms with Crippen molar-refractivity contribution in [1.29, 1.82) is 0 Å². The molecule has 2 aromatic carbocycles. The van der Waals surface area contributed by atoms with E-state index < -0.39 is 10.0 Å². The van der Waals surface area contributed by atoms with Crippen LogP contribution in [0.15, 0.2) is 60.0 Å². The van der Waals surface area contributed by atoms with Crippen molar-refractivity contribution in [2.75, 3.05) is 33.3 Å². The van der Waals surface area contributed by atoms with Gasteiger partial charge in [-0.15, -0.1) is 0 Å². The first-order valence-corrected chi connectivity index (χ1v) is 11.2. The lowest BCUT2D eigenvalue weighted by Gasteiger charge is -2.32. The maximum Gasteiger partial charge on any atom is 0.246 e. The van der Waals surface area contributed by atoms with Crippen molar-refractivity contribution in [2.45, 2.75) is 6.92 Å². The molecule has 0 unspecified atom stereocenters. The highest BCUT2D eigenvalue weighted by molar-refractivity contribution is 7.92. The fourth-order valence-corrected chi connectivity index (χ4v) is 4.40. The van der Waals surface area contributed by atoms with Crippen molar-refractivity contribution in [2.24, 2.45) is 0 Å². The molecule has 0 spiro atoms. The number of rotatable bonds is 6. The van der Waals surface area contributed by atoms with Crippen molar-refractivity contribution >= 4 is 28.1 Å². The Hall–Kier alpha value is -2.90. The minimum Gasteiger partial charge on any atom is -0.496 e. The van der Waals surface area contributed by atoms with Crippen LogP contribution in [-0.4, -0.2) is 56.8 Å². The number of aryl methyl sites for hydroxylation is 1. The van der Waals surface area contributed by atoms with E-state index in [9.17, 15) is 13.2 Å². The van der Waals surface area contributed by atoms with Gasteiger partial charge in [-0.1, -0.05) is 42.0 Å². The van der Waals surface area contributed by atoms with Gasteiger partial charge in [0.2, 0.25) is 15.9 Å². The lowest BCUT2D eigenvalue weighted by atomic mass is 10.1. The van der Waals surface area contributed by atoms with Crippen LogP contribution in [0.1, 0.15) is 16.7 Å². The number of hydrogen-bond acceptors (Lipinski definition) is 4. The predicted octanol–water partition coefficient (Wildman–Crippen LogP) is 3.16. The van der Waals surface area contributed by atoms with Gasteiger partial charge < -0.3 is 9.64 Å². The fraction of sp³-hybridized carbons (Fsp3) is 0.261. The normalized spacial score (nSPS) is 15.7. The number of piperazine rings is 1. The van der Waals surface area contributed by atoms with Crippen molar-refractivity contribution in [3.8, 4) is 5.75 Å². The number of hydrogen-bond donors (Lipinski definition) is 0. The van der Waals surface area contributed by atoms with Gasteiger partial charge in [0.05, 0.1) is 7.11 Å². The van der Waals surface area contributed by atoms with E-state index in [1.165, 1.54) is 15.8 Å². The molecule has 1 aliphatic heterocycles. The van der Waals surface area contributed by atoms with Crippen LogP contribution in [0.2, 0.25) is 0 Å². The molecule has 2 aromatic rings. The molecule has 30 heavy (non-hydrogen) atoms. The SMILES string of the molecule is COc1ccc(C)cc1/C=C/C(=O)N1CCN(S(=O)(=O)/C=C/c2ccccc2)CC1. The van der Waals surface area contributed by atoms with Crippen molar-refractivity contribution in [1.82, 2.24) is 9.21 Å². The molecule has 158 valence electrons. The summed E-state index contributed by atoms with van der Waals surface area (Å²) in [6, 6.07) is 15.1. The molecule has 3 rings (SSSR count). The molecule has 0 radical (unpaired) electrons. The third-order valence-electron chi connectivity index (χ3n) is 4.93. The third-order valence-corrected chi connectivity index (χ3v) is 6.50. The zero-order chi connectivity index (χ0) is 21.6. The quantitative estimate of drug-likeness (QED) is 0.666. The van der Waals surface area contributed by atoms with E-state index in [4.69, 9.17) is 4.74 Å². The van der Waals surface area contributed by atoms with Gasteiger partial charge in [0.15, 0.2) is 0 Å². The molecule has 0 aliphatic carbocycles. The van der Waals surface area contributed by atoms with Gasteiger partial charge >= 0.3 is 0 Å². The number of ether oxygens (including phenoxy) is 1. The summed E-state index contributed by atoms with van der Waals surface area (Å²) in [6.07, 6.45) is 4.83. The molecule has 0 aromatic heterocycles. The van der Waals surface area contributed by atoms with Gasteiger partial charge in [0.25, 0.3) is 0 Å². The molecule has 1 heterocycles. The molecule has 7 heteroatoms. The Morgan fingerprint density at radius 1 is 1.00 bits per heavy atom. The highest BCUT2D eigenvalue weighted by atomic mass is 32.2. The van der Waals surface area contributed by atoms with Crippen LogP contribution in [0, 0.1) is 6.92 Å². The maximum atomic E-state index is 12.6. The summed E-state index contributed by atoms with van der Waals surface area (Å²) < 4.78 is 31.8. The Labute approximate surface area is 178 Å². The van der Waals surface area contributed by atoms with Gasteiger partial charge in [-0.05, 0) is 36.8 Å². The number of methoxy groups -OCH3 is 1. The zero-order valence-electron chi connectivity index (χ0n) is 17.2. The van der Waals surface area contributed by atoms with E-state index in [-0.39, 0.29) is 19.0 Å². The van der Waals surface area contributed by atoms with Gasteiger partial charge in [-0.2, -0.15) is 4.31 Å². The van der Waals surface area contributed by atoms with Gasteiger partial charge in [-0.25, -0.2) is 8.42 Å². The minimum atomic E-state index is -3.52. The zero-order valence-corrected chi connectivity index (χ0v) is 18.0. The molecule has 0 saturated carbocycles. The third kappa shape index (κ3) is 5.58. The summed E-state index contributed by atoms with van der Waals surface area (Å²) in [7, 11) is -1.93.